The van der Waals surface area contributed by atoms with Crippen molar-refractivity contribution in [2.75, 3.05) is 31.9 Å². The number of rotatable bonds is 9. The molecule has 1 aromatic heterocycles. The zero-order valence-corrected chi connectivity index (χ0v) is 30.1. The number of halogens is 1. The Balaban J connectivity index is 0.000000237. The van der Waals surface area contributed by atoms with E-state index in [9.17, 15) is 4.79 Å². The molecule has 0 radical (unpaired) electrons. The molecule has 0 spiro atoms. The van der Waals surface area contributed by atoms with E-state index < -0.39 is 0 Å². The highest BCUT2D eigenvalue weighted by atomic mass is 79.9. The normalized spacial score (nSPS) is 10.1. The maximum atomic E-state index is 11.9. The second-order valence-corrected chi connectivity index (χ2v) is 11.8. The minimum absolute atomic E-state index is 0.0814. The molecule has 0 fully saturated rings. The highest BCUT2D eigenvalue weighted by molar-refractivity contribution is 9.09. The molecule has 8 nitrogen and oxygen atoms in total. The summed E-state index contributed by atoms with van der Waals surface area (Å²) in [6, 6.07) is 22.8. The van der Waals surface area contributed by atoms with Crippen LogP contribution in [0, 0.1) is 27.7 Å². The van der Waals surface area contributed by atoms with Crippen LogP contribution in [-0.4, -0.2) is 42.0 Å². The predicted molar refractivity (Wildman–Crippen MR) is 194 cm³/mol. The summed E-state index contributed by atoms with van der Waals surface area (Å²) in [7, 11) is 3.26. The molecule has 3 N–H and O–H groups in total. The number of hydrogen-bond acceptors (Lipinski definition) is 9. The number of nitrogens with zero attached hydrogens (tertiary/aromatic N) is 1. The SMILES string of the molecule is CCO.COc1cccc(Oc2cc(C)c(-c3csc(N)n3)c(C)c2)c1.COc1cccc(Oc2cc(C)c(C(=O)CBr)c(C)c2)c1. The molecule has 1 heterocycles. The first-order chi connectivity index (χ1) is 22.5. The lowest BCUT2D eigenvalue weighted by Gasteiger charge is -2.12. The van der Waals surface area contributed by atoms with Gasteiger partial charge in [-0.15, -0.1) is 11.3 Å². The number of methoxy groups -OCH3 is 2. The van der Waals surface area contributed by atoms with Crippen LogP contribution >= 0.6 is 27.3 Å². The van der Waals surface area contributed by atoms with E-state index in [1.165, 1.54) is 11.3 Å². The van der Waals surface area contributed by atoms with Gasteiger partial charge in [0.05, 0.1) is 25.2 Å². The molecule has 0 aliphatic heterocycles. The zero-order chi connectivity index (χ0) is 34.5. The summed E-state index contributed by atoms with van der Waals surface area (Å²) in [4.78, 5) is 16.3. The summed E-state index contributed by atoms with van der Waals surface area (Å²) >= 11 is 4.66. The smallest absolute Gasteiger partial charge is 0.180 e. The molecular formula is C37H41BrN2O6S. The monoisotopic (exact) mass is 720 g/mol. The van der Waals surface area contributed by atoms with Crippen molar-refractivity contribution in [2.45, 2.75) is 34.6 Å². The molecule has 5 rings (SSSR count). The van der Waals surface area contributed by atoms with Gasteiger partial charge in [-0.3, -0.25) is 4.79 Å². The van der Waals surface area contributed by atoms with Crippen molar-refractivity contribution in [1.82, 2.24) is 4.98 Å². The Bertz CT molecular complexity index is 1740. The molecule has 248 valence electrons. The second kappa shape index (κ2) is 18.1. The van der Waals surface area contributed by atoms with Gasteiger partial charge in [-0.25, -0.2) is 4.98 Å². The molecule has 47 heavy (non-hydrogen) atoms. The van der Waals surface area contributed by atoms with E-state index in [2.05, 4.69) is 34.8 Å². The van der Waals surface area contributed by atoms with Crippen molar-refractivity contribution in [3.05, 3.63) is 106 Å². The van der Waals surface area contributed by atoms with E-state index >= 15 is 0 Å². The number of thiazole rings is 1. The summed E-state index contributed by atoms with van der Waals surface area (Å²) in [5.41, 5.74) is 12.6. The lowest BCUT2D eigenvalue weighted by molar-refractivity contribution is 0.102. The Morgan fingerprint density at radius 1 is 0.766 bits per heavy atom. The molecule has 10 heteroatoms. The van der Waals surface area contributed by atoms with Crippen molar-refractivity contribution in [3.63, 3.8) is 0 Å². The van der Waals surface area contributed by atoms with Gasteiger partial charge in [-0.1, -0.05) is 28.1 Å². The number of hydrogen-bond donors (Lipinski definition) is 2. The number of aliphatic hydroxyl groups is 1. The van der Waals surface area contributed by atoms with E-state index in [0.29, 0.717) is 22.0 Å². The Hall–Kier alpha value is -4.38. The van der Waals surface area contributed by atoms with Crippen LogP contribution in [0.25, 0.3) is 11.3 Å². The minimum Gasteiger partial charge on any atom is -0.497 e. The number of carbonyl (C=O) groups is 1. The Morgan fingerprint density at radius 2 is 1.19 bits per heavy atom. The number of benzene rings is 4. The number of carbonyl (C=O) groups excluding carboxylic acids is 1. The molecule has 0 unspecified atom stereocenters. The van der Waals surface area contributed by atoms with Gasteiger partial charge in [-0.05, 0) is 105 Å². The Morgan fingerprint density at radius 3 is 1.57 bits per heavy atom. The number of alkyl halides is 1. The van der Waals surface area contributed by atoms with Crippen LogP contribution in [0.1, 0.15) is 39.5 Å². The van der Waals surface area contributed by atoms with Crippen LogP contribution in [0.2, 0.25) is 0 Å². The van der Waals surface area contributed by atoms with E-state index in [1.807, 2.05) is 92.0 Å². The molecule has 4 aromatic carbocycles. The van der Waals surface area contributed by atoms with Gasteiger partial charge in [-0.2, -0.15) is 0 Å². The van der Waals surface area contributed by atoms with E-state index in [-0.39, 0.29) is 12.4 Å². The number of ether oxygens (including phenoxy) is 4. The zero-order valence-electron chi connectivity index (χ0n) is 27.7. The third-order valence-corrected chi connectivity index (χ3v) is 7.93. The molecule has 0 bridgehead atoms. The predicted octanol–water partition coefficient (Wildman–Crippen LogP) is 9.49. The summed E-state index contributed by atoms with van der Waals surface area (Å²) in [6.07, 6.45) is 0. The van der Waals surface area contributed by atoms with Gasteiger partial charge in [0.2, 0.25) is 0 Å². The first kappa shape index (κ1) is 37.1. The van der Waals surface area contributed by atoms with Crippen molar-refractivity contribution >= 4 is 38.2 Å². The fourth-order valence-corrected chi connectivity index (χ4v) is 5.71. The van der Waals surface area contributed by atoms with Crippen LogP contribution < -0.4 is 24.7 Å². The summed E-state index contributed by atoms with van der Waals surface area (Å²) in [5.74, 6) is 4.54. The number of Topliss-reactive ketones (excluding diaryl/α,β-unsaturated/α-hetero) is 1. The highest BCUT2D eigenvalue weighted by Gasteiger charge is 2.14. The molecule has 0 aliphatic rings. The maximum Gasteiger partial charge on any atom is 0.180 e. The van der Waals surface area contributed by atoms with Gasteiger partial charge in [0, 0.05) is 35.2 Å². The van der Waals surface area contributed by atoms with Crippen LogP contribution in [0.15, 0.2) is 78.2 Å². The van der Waals surface area contributed by atoms with Crippen molar-refractivity contribution in [1.29, 1.82) is 0 Å². The average Bonchev–Trinajstić information content (AvgIpc) is 3.46. The minimum atomic E-state index is 0.0814. The number of ketones is 1. The summed E-state index contributed by atoms with van der Waals surface area (Å²) in [6.45, 7) is 9.87. The van der Waals surface area contributed by atoms with Crippen molar-refractivity contribution < 1.29 is 28.8 Å². The Kier molecular flexibility index (Phi) is 14.3. The first-order valence-corrected chi connectivity index (χ1v) is 16.8. The topological polar surface area (TPSA) is 113 Å². The largest absolute Gasteiger partial charge is 0.497 e. The number of aliphatic hydroxyl groups excluding tert-OH is 1. The lowest BCUT2D eigenvalue weighted by Crippen LogP contribution is -2.05. The molecule has 0 saturated carbocycles. The molecular weight excluding hydrogens is 680 g/mol. The number of nitrogen functional groups attached to an aromatic ring is 1. The lowest BCUT2D eigenvalue weighted by atomic mass is 9.99. The average molecular weight is 722 g/mol. The third-order valence-electron chi connectivity index (χ3n) is 6.74. The molecule has 0 saturated heterocycles. The molecule has 5 aromatic rings. The molecule has 0 atom stereocenters. The van der Waals surface area contributed by atoms with Gasteiger partial charge in [0.25, 0.3) is 0 Å². The fraction of sp³-hybridized carbons (Fsp3) is 0.243. The maximum absolute atomic E-state index is 11.9. The standard InChI is InChI=1S/C18H18N2O2S.C17H17BrO3.C2H6O/c1-11-7-15(22-14-6-4-5-13(9-14)21-3)8-12(2)17(11)16-10-23-18(19)20-16;1-11-7-15(8-12(2)17(11)16(19)10-18)21-14-6-4-5-13(9-14)20-3;1-2-3/h4-10H,1-3H3,(H2,19,20);4-9H,10H2,1-3H3;3H,2H2,1H3. The van der Waals surface area contributed by atoms with Gasteiger partial charge in [0.15, 0.2) is 10.9 Å². The second-order valence-electron chi connectivity index (χ2n) is 10.4. The van der Waals surface area contributed by atoms with Gasteiger partial charge in [0.1, 0.15) is 34.5 Å². The van der Waals surface area contributed by atoms with Crippen LogP contribution in [0.5, 0.6) is 34.5 Å². The molecule has 0 aliphatic carbocycles. The van der Waals surface area contributed by atoms with Crippen LogP contribution in [-0.2, 0) is 0 Å². The quantitative estimate of drug-likeness (QED) is 0.114. The van der Waals surface area contributed by atoms with Crippen LogP contribution in [0.3, 0.4) is 0 Å². The van der Waals surface area contributed by atoms with Gasteiger partial charge >= 0.3 is 0 Å². The fourth-order valence-electron chi connectivity index (χ4n) is 4.88. The number of aryl methyl sites for hydroxylation is 4. The number of anilines is 1. The molecule has 0 amide bonds. The Labute approximate surface area is 289 Å². The third kappa shape index (κ3) is 10.6. The van der Waals surface area contributed by atoms with Crippen molar-refractivity contribution in [2.24, 2.45) is 0 Å². The number of nitrogens with two attached hydrogens (primary N) is 1. The van der Waals surface area contributed by atoms with Crippen molar-refractivity contribution in [3.8, 4) is 45.8 Å². The van der Waals surface area contributed by atoms with E-state index in [1.54, 1.807) is 21.1 Å². The highest BCUT2D eigenvalue weighted by Crippen LogP contribution is 2.34. The van der Waals surface area contributed by atoms with E-state index in [4.69, 9.17) is 29.8 Å². The summed E-state index contributed by atoms with van der Waals surface area (Å²) < 4.78 is 22.2. The summed E-state index contributed by atoms with van der Waals surface area (Å²) in [5, 5.41) is 10.5. The first-order valence-electron chi connectivity index (χ1n) is 14.8. The van der Waals surface area contributed by atoms with E-state index in [0.717, 1.165) is 62.1 Å². The number of aromatic nitrogens is 1. The van der Waals surface area contributed by atoms with Crippen LogP contribution in [0.4, 0.5) is 5.13 Å². The van der Waals surface area contributed by atoms with Gasteiger partial charge < -0.3 is 29.8 Å².